The Hall–Kier alpha value is -2.57. The topological polar surface area (TPSA) is 0 Å². The van der Waals surface area contributed by atoms with Crippen molar-refractivity contribution in [2.24, 2.45) is 5.92 Å². The molecule has 0 saturated carbocycles. The molecule has 3 aromatic carbocycles. The summed E-state index contributed by atoms with van der Waals surface area (Å²) in [5, 5.41) is 0.781. The first-order valence-corrected chi connectivity index (χ1v) is 8.94. The summed E-state index contributed by atoms with van der Waals surface area (Å²) >= 11 is 6.03. The Bertz CT molecular complexity index is 891. The minimum Gasteiger partial charge on any atom is -0.0843 e. The van der Waals surface area contributed by atoms with Gasteiger partial charge in [-0.2, -0.15) is 0 Å². The van der Waals surface area contributed by atoms with E-state index in [1.165, 1.54) is 33.4 Å². The fraction of sp³-hybridized carbons (Fsp3) is 0.0833. The molecular weight excluding hydrogens is 324 g/mol. The summed E-state index contributed by atoms with van der Waals surface area (Å²) in [6, 6.07) is 29.3. The van der Waals surface area contributed by atoms with Crippen molar-refractivity contribution in [2.75, 3.05) is 0 Å². The largest absolute Gasteiger partial charge is 0.0843 e. The van der Waals surface area contributed by atoms with E-state index in [2.05, 4.69) is 85.8 Å². The second kappa shape index (κ2) is 6.74. The van der Waals surface area contributed by atoms with E-state index in [0.717, 1.165) is 5.02 Å². The lowest BCUT2D eigenvalue weighted by Gasteiger charge is -2.08. The molecule has 0 N–H and O–H groups in total. The maximum Gasteiger partial charge on any atom is 0.0406 e. The third-order valence-electron chi connectivity index (χ3n) is 4.75. The van der Waals surface area contributed by atoms with Gasteiger partial charge >= 0.3 is 0 Å². The van der Waals surface area contributed by atoms with Crippen LogP contribution in [-0.2, 0) is 0 Å². The first-order valence-electron chi connectivity index (χ1n) is 8.56. The molecule has 0 spiro atoms. The molecule has 0 radical (unpaired) electrons. The zero-order valence-corrected chi connectivity index (χ0v) is 14.9. The zero-order valence-electron chi connectivity index (χ0n) is 14.1. The third-order valence-corrected chi connectivity index (χ3v) is 5.00. The molecule has 1 atom stereocenters. The van der Waals surface area contributed by atoms with Crippen molar-refractivity contribution >= 4 is 22.7 Å². The van der Waals surface area contributed by atoms with Crippen molar-refractivity contribution in [3.05, 3.63) is 118 Å². The lowest BCUT2D eigenvalue weighted by molar-refractivity contribution is 1.06. The lowest BCUT2D eigenvalue weighted by Crippen LogP contribution is -1.87. The highest BCUT2D eigenvalue weighted by Gasteiger charge is 2.31. The van der Waals surface area contributed by atoms with Gasteiger partial charge in [-0.3, -0.25) is 0 Å². The maximum absolute atomic E-state index is 6.03. The summed E-state index contributed by atoms with van der Waals surface area (Å²) in [4.78, 5) is 0. The Kier molecular flexibility index (Phi) is 4.29. The predicted molar refractivity (Wildman–Crippen MR) is 107 cm³/mol. The molecule has 0 amide bonds. The number of hydrogen-bond donors (Lipinski definition) is 0. The SMILES string of the molecule is CC1C(C=C(c2ccccc2)c2ccccc2)=C1c1ccc(Cl)cc1. The highest BCUT2D eigenvalue weighted by Crippen LogP contribution is 2.49. The highest BCUT2D eigenvalue weighted by molar-refractivity contribution is 6.30. The summed E-state index contributed by atoms with van der Waals surface area (Å²) in [7, 11) is 0. The number of hydrogen-bond acceptors (Lipinski definition) is 0. The average molecular weight is 343 g/mol. The summed E-state index contributed by atoms with van der Waals surface area (Å²) in [5.41, 5.74) is 7.85. The van der Waals surface area contributed by atoms with Gasteiger partial charge in [-0.1, -0.05) is 91.3 Å². The van der Waals surface area contributed by atoms with Crippen molar-refractivity contribution in [1.82, 2.24) is 0 Å². The fourth-order valence-electron chi connectivity index (χ4n) is 3.33. The van der Waals surface area contributed by atoms with Crippen LogP contribution in [0.5, 0.6) is 0 Å². The van der Waals surface area contributed by atoms with Crippen LogP contribution in [-0.4, -0.2) is 0 Å². The number of rotatable bonds is 4. The molecule has 0 heterocycles. The van der Waals surface area contributed by atoms with Crippen molar-refractivity contribution < 1.29 is 0 Å². The van der Waals surface area contributed by atoms with E-state index >= 15 is 0 Å². The Morgan fingerprint density at radius 3 is 1.80 bits per heavy atom. The number of benzene rings is 3. The average Bonchev–Trinajstić information content (AvgIpc) is 3.31. The lowest BCUT2D eigenvalue weighted by atomic mass is 9.97. The summed E-state index contributed by atoms with van der Waals surface area (Å²) in [6.07, 6.45) is 2.35. The van der Waals surface area contributed by atoms with Crippen molar-refractivity contribution in [2.45, 2.75) is 6.92 Å². The Morgan fingerprint density at radius 2 is 1.28 bits per heavy atom. The van der Waals surface area contributed by atoms with E-state index in [0.29, 0.717) is 5.92 Å². The second-order valence-electron chi connectivity index (χ2n) is 6.39. The molecule has 0 fully saturated rings. The Labute approximate surface area is 154 Å². The quantitative estimate of drug-likeness (QED) is 0.485. The van der Waals surface area contributed by atoms with Gasteiger partial charge in [-0.15, -0.1) is 0 Å². The van der Waals surface area contributed by atoms with Crippen LogP contribution < -0.4 is 0 Å². The molecule has 1 unspecified atom stereocenters. The van der Waals surface area contributed by atoms with Gasteiger partial charge in [0.2, 0.25) is 0 Å². The molecule has 1 aliphatic rings. The summed E-state index contributed by atoms with van der Waals surface area (Å²) < 4.78 is 0. The molecule has 0 saturated heterocycles. The van der Waals surface area contributed by atoms with Crippen LogP contribution in [0.4, 0.5) is 0 Å². The van der Waals surface area contributed by atoms with Crippen LogP contribution in [0.3, 0.4) is 0 Å². The van der Waals surface area contributed by atoms with Gasteiger partial charge in [0.1, 0.15) is 0 Å². The van der Waals surface area contributed by atoms with E-state index in [1.54, 1.807) is 0 Å². The van der Waals surface area contributed by atoms with Crippen LogP contribution >= 0.6 is 11.6 Å². The van der Waals surface area contributed by atoms with Gasteiger partial charge in [0, 0.05) is 10.9 Å². The molecule has 1 heteroatoms. The predicted octanol–water partition coefficient (Wildman–Crippen LogP) is 6.88. The van der Waals surface area contributed by atoms with Crippen LogP contribution in [0, 0.1) is 5.92 Å². The molecule has 25 heavy (non-hydrogen) atoms. The first kappa shape index (κ1) is 15.9. The van der Waals surface area contributed by atoms with Crippen molar-refractivity contribution in [3.63, 3.8) is 0 Å². The van der Waals surface area contributed by atoms with Crippen molar-refractivity contribution in [3.8, 4) is 0 Å². The van der Waals surface area contributed by atoms with Crippen molar-refractivity contribution in [1.29, 1.82) is 0 Å². The molecule has 4 rings (SSSR count). The molecular formula is C24H19Cl. The zero-order chi connectivity index (χ0) is 17.2. The molecule has 0 nitrogen and oxygen atoms in total. The van der Waals surface area contributed by atoms with E-state index < -0.39 is 0 Å². The van der Waals surface area contributed by atoms with Crippen LogP contribution in [0.25, 0.3) is 11.1 Å². The normalized spacial score (nSPS) is 15.8. The number of halogens is 1. The maximum atomic E-state index is 6.03. The highest BCUT2D eigenvalue weighted by atomic mass is 35.5. The third kappa shape index (κ3) is 3.31. The monoisotopic (exact) mass is 342 g/mol. The molecule has 0 aromatic heterocycles. The minimum absolute atomic E-state index is 0.489. The molecule has 1 aliphatic carbocycles. The van der Waals surface area contributed by atoms with Crippen LogP contribution in [0.15, 0.2) is 96.6 Å². The van der Waals surface area contributed by atoms with Gasteiger partial charge in [0.05, 0.1) is 0 Å². The Morgan fingerprint density at radius 1 is 0.760 bits per heavy atom. The molecule has 0 bridgehead atoms. The van der Waals surface area contributed by atoms with Crippen LogP contribution in [0.2, 0.25) is 5.02 Å². The standard InChI is InChI=1S/C24H19Cl/c1-17-22(24(17)20-12-14-21(25)15-13-20)16-23(18-8-4-2-5-9-18)19-10-6-3-7-11-19/h2-17H,1H3. The molecule has 122 valence electrons. The van der Waals surface area contributed by atoms with Crippen LogP contribution in [0.1, 0.15) is 23.6 Å². The number of allylic oxidation sites excluding steroid dienone is 3. The van der Waals surface area contributed by atoms with E-state index in [1.807, 2.05) is 12.1 Å². The van der Waals surface area contributed by atoms with Gasteiger partial charge in [0.25, 0.3) is 0 Å². The smallest absolute Gasteiger partial charge is 0.0406 e. The first-order chi connectivity index (χ1) is 12.2. The summed E-state index contributed by atoms with van der Waals surface area (Å²) in [6.45, 7) is 2.27. The van der Waals surface area contributed by atoms with E-state index in [4.69, 9.17) is 11.6 Å². The van der Waals surface area contributed by atoms with E-state index in [9.17, 15) is 0 Å². The molecule has 0 aliphatic heterocycles. The Balaban J connectivity index is 1.79. The van der Waals surface area contributed by atoms with Gasteiger partial charge in [-0.05, 0) is 51.6 Å². The second-order valence-corrected chi connectivity index (χ2v) is 6.82. The van der Waals surface area contributed by atoms with Gasteiger partial charge in [0.15, 0.2) is 0 Å². The van der Waals surface area contributed by atoms with E-state index in [-0.39, 0.29) is 0 Å². The molecule has 3 aromatic rings. The summed E-state index contributed by atoms with van der Waals surface area (Å²) in [5.74, 6) is 0.489. The minimum atomic E-state index is 0.489. The van der Waals surface area contributed by atoms with Gasteiger partial charge < -0.3 is 0 Å². The fourth-order valence-corrected chi connectivity index (χ4v) is 3.46. The van der Waals surface area contributed by atoms with Gasteiger partial charge in [-0.25, -0.2) is 0 Å².